The number of anilines is 1. The first-order chi connectivity index (χ1) is 14.5. The number of carbonyl (C=O) groups excluding carboxylic acids is 2. The van der Waals surface area contributed by atoms with Crippen LogP contribution in [0.1, 0.15) is 17.2 Å². The number of hydrogen-bond donors (Lipinski definition) is 1. The number of methoxy groups -OCH3 is 1. The van der Waals surface area contributed by atoms with Crippen LogP contribution in [-0.4, -0.2) is 23.9 Å². The zero-order valence-electron chi connectivity index (χ0n) is 16.1. The van der Waals surface area contributed by atoms with Crippen LogP contribution in [0.2, 0.25) is 0 Å². The van der Waals surface area contributed by atoms with Crippen LogP contribution in [0.25, 0.3) is 5.76 Å². The summed E-state index contributed by atoms with van der Waals surface area (Å²) in [5.41, 5.74) is 1.33. The maximum absolute atomic E-state index is 13.5. The largest absolute Gasteiger partial charge is 0.507 e. The SMILES string of the molecule is COc1ccc(N2C(=O)C(=O)C(=C(O)c3ccccc3)[C@@H]2c2ccc(F)cc2)cc1. The summed E-state index contributed by atoms with van der Waals surface area (Å²) < 4.78 is 18.7. The Morgan fingerprint density at radius 2 is 1.57 bits per heavy atom. The Labute approximate surface area is 172 Å². The number of ether oxygens (including phenoxy) is 1. The fourth-order valence-corrected chi connectivity index (χ4v) is 3.55. The molecule has 0 aromatic heterocycles. The lowest BCUT2D eigenvalue weighted by atomic mass is 9.95. The molecule has 0 saturated carbocycles. The first-order valence-corrected chi connectivity index (χ1v) is 9.27. The Hall–Kier alpha value is -3.93. The molecule has 3 aromatic carbocycles. The third kappa shape index (κ3) is 3.33. The van der Waals surface area contributed by atoms with Crippen LogP contribution in [-0.2, 0) is 9.59 Å². The highest BCUT2D eigenvalue weighted by Crippen LogP contribution is 2.42. The molecule has 0 spiro atoms. The van der Waals surface area contributed by atoms with Crippen LogP contribution in [0, 0.1) is 5.82 Å². The second kappa shape index (κ2) is 7.83. The van der Waals surface area contributed by atoms with Crippen molar-refractivity contribution in [2.75, 3.05) is 12.0 Å². The zero-order valence-corrected chi connectivity index (χ0v) is 16.1. The number of hydrogen-bond acceptors (Lipinski definition) is 4. The molecule has 4 rings (SSSR count). The first-order valence-electron chi connectivity index (χ1n) is 9.27. The number of benzene rings is 3. The maximum atomic E-state index is 13.5. The van der Waals surface area contributed by atoms with Crippen molar-refractivity contribution in [1.29, 1.82) is 0 Å². The standard InChI is InChI=1S/C24H18FNO4/c1-30-19-13-11-18(12-14-19)26-21(15-7-9-17(25)10-8-15)20(23(28)24(26)29)22(27)16-5-3-2-4-6-16/h2-14,21,27H,1H3/t21-/m0/s1. The molecule has 3 aromatic rings. The van der Waals surface area contributed by atoms with Gasteiger partial charge in [0.25, 0.3) is 11.7 Å². The van der Waals surface area contributed by atoms with E-state index in [1.807, 2.05) is 0 Å². The van der Waals surface area contributed by atoms with Crippen molar-refractivity contribution in [3.05, 3.63) is 101 Å². The zero-order chi connectivity index (χ0) is 21.3. The van der Waals surface area contributed by atoms with Gasteiger partial charge in [0.1, 0.15) is 17.3 Å². The van der Waals surface area contributed by atoms with Crippen molar-refractivity contribution in [2.24, 2.45) is 0 Å². The summed E-state index contributed by atoms with van der Waals surface area (Å²) >= 11 is 0. The monoisotopic (exact) mass is 403 g/mol. The smallest absolute Gasteiger partial charge is 0.300 e. The van der Waals surface area contributed by atoms with Gasteiger partial charge in [-0.3, -0.25) is 14.5 Å². The van der Waals surface area contributed by atoms with Crippen molar-refractivity contribution >= 4 is 23.1 Å². The lowest BCUT2D eigenvalue weighted by Crippen LogP contribution is -2.29. The molecule has 150 valence electrons. The molecule has 1 aliphatic heterocycles. The number of Topliss-reactive ketones (excluding diaryl/α,β-unsaturated/α-hetero) is 1. The number of ketones is 1. The van der Waals surface area contributed by atoms with Gasteiger partial charge < -0.3 is 9.84 Å². The topological polar surface area (TPSA) is 66.8 Å². The Kier molecular flexibility index (Phi) is 5.06. The van der Waals surface area contributed by atoms with E-state index in [-0.39, 0.29) is 11.3 Å². The molecular formula is C24H18FNO4. The summed E-state index contributed by atoms with van der Waals surface area (Å²) in [7, 11) is 1.53. The molecule has 30 heavy (non-hydrogen) atoms. The number of aliphatic hydroxyl groups is 1. The van der Waals surface area contributed by atoms with E-state index in [0.29, 0.717) is 22.6 Å². The number of amides is 1. The minimum absolute atomic E-state index is 0.0476. The van der Waals surface area contributed by atoms with E-state index in [0.717, 1.165) is 0 Å². The van der Waals surface area contributed by atoms with E-state index in [1.54, 1.807) is 54.6 Å². The molecule has 1 heterocycles. The van der Waals surface area contributed by atoms with Gasteiger partial charge in [-0.05, 0) is 42.0 Å². The van der Waals surface area contributed by atoms with E-state index in [1.165, 1.54) is 36.3 Å². The molecular weight excluding hydrogens is 385 g/mol. The summed E-state index contributed by atoms with van der Waals surface area (Å²) in [6.45, 7) is 0. The molecule has 1 aliphatic rings. The van der Waals surface area contributed by atoms with Crippen molar-refractivity contribution in [2.45, 2.75) is 6.04 Å². The highest BCUT2D eigenvalue weighted by atomic mass is 19.1. The number of rotatable bonds is 4. The summed E-state index contributed by atoms with van der Waals surface area (Å²) in [5.74, 6) is -1.70. The van der Waals surface area contributed by atoms with Gasteiger partial charge in [0.2, 0.25) is 0 Å². The molecule has 6 heteroatoms. The van der Waals surface area contributed by atoms with Gasteiger partial charge in [-0.25, -0.2) is 4.39 Å². The van der Waals surface area contributed by atoms with Gasteiger partial charge in [0.05, 0.1) is 18.7 Å². The van der Waals surface area contributed by atoms with Gasteiger partial charge in [-0.1, -0.05) is 42.5 Å². The molecule has 0 aliphatic carbocycles. The van der Waals surface area contributed by atoms with Crippen LogP contribution in [0.4, 0.5) is 10.1 Å². The second-order valence-corrected chi connectivity index (χ2v) is 6.78. The first kappa shape index (κ1) is 19.4. The van der Waals surface area contributed by atoms with Gasteiger partial charge in [0, 0.05) is 11.3 Å². The van der Waals surface area contributed by atoms with E-state index >= 15 is 0 Å². The van der Waals surface area contributed by atoms with Gasteiger partial charge in [-0.15, -0.1) is 0 Å². The highest BCUT2D eigenvalue weighted by molar-refractivity contribution is 6.51. The number of nitrogens with zero attached hydrogens (tertiary/aromatic N) is 1. The summed E-state index contributed by atoms with van der Waals surface area (Å²) in [4.78, 5) is 27.3. The molecule has 1 amide bonds. The summed E-state index contributed by atoms with van der Waals surface area (Å²) in [6, 6.07) is 19.8. The van der Waals surface area contributed by atoms with Gasteiger partial charge >= 0.3 is 0 Å². The second-order valence-electron chi connectivity index (χ2n) is 6.78. The Balaban J connectivity index is 1.92. The molecule has 5 nitrogen and oxygen atoms in total. The molecule has 0 unspecified atom stereocenters. The normalized spacial score (nSPS) is 17.9. The van der Waals surface area contributed by atoms with Crippen molar-refractivity contribution in [1.82, 2.24) is 0 Å². The fourth-order valence-electron chi connectivity index (χ4n) is 3.55. The van der Waals surface area contributed by atoms with Crippen molar-refractivity contribution < 1.29 is 23.8 Å². The van der Waals surface area contributed by atoms with E-state index < -0.39 is 23.5 Å². The quantitative estimate of drug-likeness (QED) is 0.397. The lowest BCUT2D eigenvalue weighted by molar-refractivity contribution is -0.132. The molecule has 1 fully saturated rings. The van der Waals surface area contributed by atoms with Gasteiger partial charge in [-0.2, -0.15) is 0 Å². The van der Waals surface area contributed by atoms with Crippen LogP contribution in [0.3, 0.4) is 0 Å². The molecule has 0 radical (unpaired) electrons. The average Bonchev–Trinajstić information content (AvgIpc) is 3.05. The van der Waals surface area contributed by atoms with E-state index in [4.69, 9.17) is 4.74 Å². The van der Waals surface area contributed by atoms with Crippen LogP contribution in [0.15, 0.2) is 84.4 Å². The fraction of sp³-hybridized carbons (Fsp3) is 0.0833. The average molecular weight is 403 g/mol. The molecule has 1 saturated heterocycles. The van der Waals surface area contributed by atoms with E-state index in [9.17, 15) is 19.1 Å². The number of halogens is 1. The van der Waals surface area contributed by atoms with Crippen LogP contribution < -0.4 is 9.64 Å². The predicted molar refractivity (Wildman–Crippen MR) is 111 cm³/mol. The Bertz CT molecular complexity index is 1120. The predicted octanol–water partition coefficient (Wildman–Crippen LogP) is 4.46. The van der Waals surface area contributed by atoms with Crippen LogP contribution >= 0.6 is 0 Å². The summed E-state index contributed by atoms with van der Waals surface area (Å²) in [6.07, 6.45) is 0. The highest BCUT2D eigenvalue weighted by Gasteiger charge is 2.46. The molecule has 1 N–H and O–H groups in total. The number of aliphatic hydroxyl groups excluding tert-OH is 1. The number of carbonyl (C=O) groups is 2. The minimum atomic E-state index is -0.904. The molecule has 0 bridgehead atoms. The third-order valence-corrected chi connectivity index (χ3v) is 5.03. The van der Waals surface area contributed by atoms with E-state index in [2.05, 4.69) is 0 Å². The van der Waals surface area contributed by atoms with Gasteiger partial charge in [0.15, 0.2) is 0 Å². The molecule has 1 atom stereocenters. The van der Waals surface area contributed by atoms with Crippen molar-refractivity contribution in [3.63, 3.8) is 0 Å². The summed E-state index contributed by atoms with van der Waals surface area (Å²) in [5, 5.41) is 10.9. The Morgan fingerprint density at radius 1 is 0.933 bits per heavy atom. The lowest BCUT2D eigenvalue weighted by Gasteiger charge is -2.25. The van der Waals surface area contributed by atoms with Crippen molar-refractivity contribution in [3.8, 4) is 5.75 Å². The maximum Gasteiger partial charge on any atom is 0.300 e. The Morgan fingerprint density at radius 3 is 2.17 bits per heavy atom. The minimum Gasteiger partial charge on any atom is -0.507 e. The van der Waals surface area contributed by atoms with Crippen LogP contribution in [0.5, 0.6) is 5.75 Å². The third-order valence-electron chi connectivity index (χ3n) is 5.03.